The lowest BCUT2D eigenvalue weighted by molar-refractivity contribution is -0.0519. The van der Waals surface area contributed by atoms with Crippen LogP contribution in [0.4, 0.5) is 0 Å². The van der Waals surface area contributed by atoms with Crippen molar-refractivity contribution in [3.8, 4) is 0 Å². The van der Waals surface area contributed by atoms with Gasteiger partial charge in [0.2, 0.25) is 0 Å². The van der Waals surface area contributed by atoms with Crippen molar-refractivity contribution in [1.82, 2.24) is 0 Å². The maximum absolute atomic E-state index is 5.89. The Morgan fingerprint density at radius 3 is 2.00 bits per heavy atom. The van der Waals surface area contributed by atoms with Crippen molar-refractivity contribution in [1.29, 1.82) is 0 Å². The summed E-state index contributed by atoms with van der Waals surface area (Å²) in [5.41, 5.74) is 5.89. The molecule has 0 aliphatic heterocycles. The molecule has 4 aliphatic carbocycles. The summed E-state index contributed by atoms with van der Waals surface area (Å²) in [6.07, 6.45) is 9.68. The Morgan fingerprint density at radius 2 is 1.60 bits per heavy atom. The number of rotatable bonds is 3. The first-order valence-electron chi connectivity index (χ1n) is 6.64. The molecule has 1 atom stereocenters. The molecule has 0 aromatic rings. The molecule has 0 heterocycles. The van der Waals surface area contributed by atoms with E-state index in [1.165, 1.54) is 25.7 Å². The Morgan fingerprint density at radius 1 is 1.07 bits per heavy atom. The summed E-state index contributed by atoms with van der Waals surface area (Å²) in [5, 5.41) is 0. The molecule has 4 fully saturated rings. The van der Waals surface area contributed by atoms with Crippen LogP contribution in [0.3, 0.4) is 0 Å². The third-order valence-electron chi connectivity index (χ3n) is 5.37. The minimum atomic E-state index is 0.597. The lowest BCUT2D eigenvalue weighted by Gasteiger charge is -2.56. The van der Waals surface area contributed by atoms with Gasteiger partial charge in [-0.25, -0.2) is 0 Å². The van der Waals surface area contributed by atoms with E-state index in [9.17, 15) is 0 Å². The van der Waals surface area contributed by atoms with Crippen LogP contribution < -0.4 is 5.73 Å². The van der Waals surface area contributed by atoms with E-state index in [1.54, 1.807) is 6.42 Å². The topological polar surface area (TPSA) is 26.0 Å². The van der Waals surface area contributed by atoms with Gasteiger partial charge in [-0.05, 0) is 74.2 Å². The van der Waals surface area contributed by atoms with E-state index in [1.807, 2.05) is 0 Å². The van der Waals surface area contributed by atoms with Crippen molar-refractivity contribution in [2.24, 2.45) is 41.2 Å². The van der Waals surface area contributed by atoms with Crippen molar-refractivity contribution < 1.29 is 0 Å². The standard InChI is InChI=1S/C14H23N/c1-2-11(8-15)14-12-4-9-3-10(6-12)7-13(14)5-9/h2,9-14H,1,3-8,15H2. The first kappa shape index (κ1) is 9.89. The predicted molar refractivity (Wildman–Crippen MR) is 63.3 cm³/mol. The van der Waals surface area contributed by atoms with Crippen LogP contribution in [0.2, 0.25) is 0 Å². The first-order valence-corrected chi connectivity index (χ1v) is 6.64. The fourth-order valence-electron chi connectivity index (χ4n) is 5.08. The van der Waals surface area contributed by atoms with Crippen LogP contribution in [0.5, 0.6) is 0 Å². The second kappa shape index (κ2) is 3.62. The van der Waals surface area contributed by atoms with Gasteiger partial charge in [-0.2, -0.15) is 0 Å². The van der Waals surface area contributed by atoms with Crippen molar-refractivity contribution in [2.75, 3.05) is 6.54 Å². The summed E-state index contributed by atoms with van der Waals surface area (Å²) in [6.45, 7) is 4.80. The molecule has 4 rings (SSSR count). The van der Waals surface area contributed by atoms with E-state index in [0.717, 1.165) is 36.1 Å². The molecule has 1 heteroatoms. The minimum absolute atomic E-state index is 0.597. The van der Waals surface area contributed by atoms with Gasteiger partial charge in [0.1, 0.15) is 0 Å². The molecular weight excluding hydrogens is 182 g/mol. The van der Waals surface area contributed by atoms with E-state index in [2.05, 4.69) is 12.7 Å². The summed E-state index contributed by atoms with van der Waals surface area (Å²) >= 11 is 0. The Hall–Kier alpha value is -0.300. The first-order chi connectivity index (χ1) is 7.31. The molecule has 0 spiro atoms. The highest BCUT2D eigenvalue weighted by Crippen LogP contribution is 2.58. The van der Waals surface area contributed by atoms with E-state index in [-0.39, 0.29) is 0 Å². The third kappa shape index (κ3) is 1.47. The molecule has 1 unspecified atom stereocenters. The lowest BCUT2D eigenvalue weighted by atomic mass is 9.49. The number of hydrogen-bond acceptors (Lipinski definition) is 1. The van der Waals surface area contributed by atoms with Gasteiger partial charge in [0.05, 0.1) is 0 Å². The van der Waals surface area contributed by atoms with Gasteiger partial charge in [0, 0.05) is 0 Å². The average Bonchev–Trinajstić information content (AvgIpc) is 2.22. The van der Waals surface area contributed by atoms with Crippen LogP contribution in [0.15, 0.2) is 12.7 Å². The van der Waals surface area contributed by atoms with Gasteiger partial charge < -0.3 is 5.73 Å². The zero-order valence-corrected chi connectivity index (χ0v) is 9.57. The highest BCUT2D eigenvalue weighted by molar-refractivity contribution is 5.02. The van der Waals surface area contributed by atoms with Crippen molar-refractivity contribution in [3.05, 3.63) is 12.7 Å². The lowest BCUT2D eigenvalue weighted by Crippen LogP contribution is -2.48. The van der Waals surface area contributed by atoms with Crippen LogP contribution in [0.1, 0.15) is 32.1 Å². The van der Waals surface area contributed by atoms with Gasteiger partial charge >= 0.3 is 0 Å². The molecule has 0 aromatic heterocycles. The molecule has 15 heavy (non-hydrogen) atoms. The van der Waals surface area contributed by atoms with Crippen LogP contribution in [-0.2, 0) is 0 Å². The smallest absolute Gasteiger partial charge is 0.00114 e. The van der Waals surface area contributed by atoms with Crippen LogP contribution >= 0.6 is 0 Å². The molecule has 0 aromatic carbocycles. The number of nitrogens with two attached hydrogens (primary N) is 1. The Kier molecular flexibility index (Phi) is 2.39. The summed E-state index contributed by atoms with van der Waals surface area (Å²) in [4.78, 5) is 0. The molecule has 84 valence electrons. The van der Waals surface area contributed by atoms with Crippen LogP contribution in [0, 0.1) is 35.5 Å². The molecule has 4 saturated carbocycles. The summed E-state index contributed by atoms with van der Waals surface area (Å²) in [7, 11) is 0. The maximum atomic E-state index is 5.89. The quantitative estimate of drug-likeness (QED) is 0.704. The van der Waals surface area contributed by atoms with Gasteiger partial charge in [-0.3, -0.25) is 0 Å². The van der Waals surface area contributed by atoms with Crippen LogP contribution in [0.25, 0.3) is 0 Å². The SMILES string of the molecule is C=CC(CN)C1C2CC3CC(C2)CC1C3. The summed E-state index contributed by atoms with van der Waals surface area (Å²) < 4.78 is 0. The predicted octanol–water partition coefficient (Wildman–Crippen LogP) is 2.82. The van der Waals surface area contributed by atoms with Gasteiger partial charge in [0.25, 0.3) is 0 Å². The average molecular weight is 205 g/mol. The molecule has 0 amide bonds. The Labute approximate surface area is 93.1 Å². The fraction of sp³-hybridized carbons (Fsp3) is 0.857. The van der Waals surface area contributed by atoms with E-state index < -0.39 is 0 Å². The van der Waals surface area contributed by atoms with Crippen molar-refractivity contribution >= 4 is 0 Å². The Balaban J connectivity index is 1.82. The van der Waals surface area contributed by atoms with Gasteiger partial charge in [-0.15, -0.1) is 6.58 Å². The van der Waals surface area contributed by atoms with Crippen molar-refractivity contribution in [2.45, 2.75) is 32.1 Å². The normalized spacial score (nSPS) is 49.3. The van der Waals surface area contributed by atoms with E-state index in [0.29, 0.717) is 5.92 Å². The second-order valence-electron chi connectivity index (χ2n) is 6.14. The molecule has 1 nitrogen and oxygen atoms in total. The Bertz CT molecular complexity index is 230. The summed E-state index contributed by atoms with van der Waals surface area (Å²) in [6, 6.07) is 0. The zero-order chi connectivity index (χ0) is 10.4. The number of hydrogen-bond donors (Lipinski definition) is 1. The van der Waals surface area contributed by atoms with E-state index in [4.69, 9.17) is 5.73 Å². The molecule has 2 N–H and O–H groups in total. The van der Waals surface area contributed by atoms with Gasteiger partial charge in [0.15, 0.2) is 0 Å². The van der Waals surface area contributed by atoms with Crippen molar-refractivity contribution in [3.63, 3.8) is 0 Å². The largest absolute Gasteiger partial charge is 0.330 e. The molecule has 0 radical (unpaired) electrons. The van der Waals surface area contributed by atoms with Gasteiger partial charge in [-0.1, -0.05) is 6.08 Å². The third-order valence-corrected chi connectivity index (χ3v) is 5.37. The molecular formula is C14H23N. The zero-order valence-electron chi connectivity index (χ0n) is 9.57. The highest BCUT2D eigenvalue weighted by Gasteiger charge is 2.49. The minimum Gasteiger partial charge on any atom is -0.330 e. The molecule has 4 bridgehead atoms. The fourth-order valence-corrected chi connectivity index (χ4v) is 5.08. The van der Waals surface area contributed by atoms with Crippen LogP contribution in [-0.4, -0.2) is 6.54 Å². The maximum Gasteiger partial charge on any atom is -0.00114 e. The summed E-state index contributed by atoms with van der Waals surface area (Å²) in [5.74, 6) is 5.62. The highest BCUT2D eigenvalue weighted by atomic mass is 14.6. The monoisotopic (exact) mass is 205 g/mol. The van der Waals surface area contributed by atoms with E-state index >= 15 is 0 Å². The second-order valence-corrected chi connectivity index (χ2v) is 6.14. The molecule has 0 saturated heterocycles. The molecule has 4 aliphatic rings.